The van der Waals surface area contributed by atoms with E-state index < -0.39 is 0 Å². The minimum Gasteiger partial charge on any atom is -0.244 e. The summed E-state index contributed by atoms with van der Waals surface area (Å²) >= 11 is 3.44. The van der Waals surface area contributed by atoms with Crippen LogP contribution in [0.25, 0.3) is 9.88 Å². The maximum Gasteiger partial charge on any atom is 0.133 e. The first kappa shape index (κ1) is 7.00. The predicted octanol–water partition coefficient (Wildman–Crippen LogP) is 3.18. The number of thiazole rings is 1. The summed E-state index contributed by atoms with van der Waals surface area (Å²) in [5.41, 5.74) is 1.32. The molecule has 0 N–H and O–H groups in total. The fraction of sp³-hybridized carbons (Fsp3) is 0.125. The summed E-state index contributed by atoms with van der Waals surface area (Å²) < 4.78 is 0. The number of aryl methyl sites for hydroxylation is 1. The molecule has 0 saturated carbocycles. The third-order valence-corrected chi connectivity index (χ3v) is 3.36. The van der Waals surface area contributed by atoms with Crippen molar-refractivity contribution in [1.82, 2.24) is 4.98 Å². The molecule has 0 aromatic carbocycles. The van der Waals surface area contributed by atoms with Crippen LogP contribution < -0.4 is 0 Å². The zero-order valence-corrected chi connectivity index (χ0v) is 7.71. The van der Waals surface area contributed by atoms with E-state index >= 15 is 0 Å². The lowest BCUT2D eigenvalue weighted by Crippen LogP contribution is -1.64. The molecule has 56 valence electrons. The van der Waals surface area contributed by atoms with Crippen molar-refractivity contribution in [2.75, 3.05) is 0 Å². The Bertz CT molecular complexity index is 335. The Hall–Kier alpha value is -0.670. The van der Waals surface area contributed by atoms with Gasteiger partial charge in [-0.15, -0.1) is 22.7 Å². The maximum atomic E-state index is 4.23. The Kier molecular flexibility index (Phi) is 1.75. The average Bonchev–Trinajstić information content (AvgIpc) is 2.55. The summed E-state index contributed by atoms with van der Waals surface area (Å²) in [5, 5.41) is 5.28. The van der Waals surface area contributed by atoms with Crippen LogP contribution in [-0.4, -0.2) is 4.98 Å². The zero-order valence-electron chi connectivity index (χ0n) is 6.07. The Morgan fingerprint density at radius 2 is 2.27 bits per heavy atom. The molecule has 0 unspecified atom stereocenters. The summed E-state index contributed by atoms with van der Waals surface area (Å²) in [5.74, 6) is 0. The highest BCUT2D eigenvalue weighted by Crippen LogP contribution is 2.27. The summed E-state index contributed by atoms with van der Waals surface area (Å²) in [7, 11) is 0. The van der Waals surface area contributed by atoms with Crippen LogP contribution in [0.3, 0.4) is 0 Å². The number of aromatic nitrogens is 1. The number of nitrogens with zero attached hydrogens (tertiary/aromatic N) is 1. The van der Waals surface area contributed by atoms with Gasteiger partial charge in [-0.1, -0.05) is 0 Å². The van der Waals surface area contributed by atoms with Gasteiger partial charge < -0.3 is 0 Å². The second-order valence-electron chi connectivity index (χ2n) is 2.33. The van der Waals surface area contributed by atoms with E-state index in [0.717, 1.165) is 5.01 Å². The molecule has 0 radical (unpaired) electrons. The van der Waals surface area contributed by atoms with E-state index in [4.69, 9.17) is 0 Å². The van der Waals surface area contributed by atoms with Gasteiger partial charge in [0.1, 0.15) is 5.01 Å². The van der Waals surface area contributed by atoms with E-state index in [1.54, 1.807) is 22.7 Å². The molecule has 0 saturated heterocycles. The number of thiophene rings is 1. The van der Waals surface area contributed by atoms with Crippen LogP contribution in [0.4, 0.5) is 0 Å². The fourth-order valence-electron chi connectivity index (χ4n) is 0.889. The molecule has 2 rings (SSSR count). The largest absolute Gasteiger partial charge is 0.244 e. The van der Waals surface area contributed by atoms with Gasteiger partial charge in [-0.2, -0.15) is 0 Å². The van der Waals surface area contributed by atoms with Crippen LogP contribution in [0.15, 0.2) is 23.0 Å². The first-order valence-corrected chi connectivity index (χ1v) is 5.07. The van der Waals surface area contributed by atoms with E-state index in [9.17, 15) is 0 Å². The number of rotatable bonds is 1. The molecule has 0 aliphatic heterocycles. The van der Waals surface area contributed by atoms with Crippen molar-refractivity contribution in [1.29, 1.82) is 0 Å². The Morgan fingerprint density at radius 3 is 2.82 bits per heavy atom. The molecule has 0 fully saturated rings. The monoisotopic (exact) mass is 181 g/mol. The molecule has 0 aliphatic carbocycles. The Morgan fingerprint density at radius 1 is 1.36 bits per heavy atom. The molecule has 1 nitrogen and oxygen atoms in total. The van der Waals surface area contributed by atoms with Gasteiger partial charge in [-0.05, 0) is 23.9 Å². The van der Waals surface area contributed by atoms with Crippen molar-refractivity contribution < 1.29 is 0 Å². The molecule has 0 amide bonds. The molecule has 2 aromatic heterocycles. The normalized spacial score (nSPS) is 10.3. The molecular weight excluding hydrogens is 174 g/mol. The van der Waals surface area contributed by atoms with Crippen LogP contribution in [0.2, 0.25) is 0 Å². The third-order valence-electron chi connectivity index (χ3n) is 1.37. The number of hydrogen-bond acceptors (Lipinski definition) is 3. The van der Waals surface area contributed by atoms with Gasteiger partial charge in [0.15, 0.2) is 0 Å². The second kappa shape index (κ2) is 2.75. The molecule has 11 heavy (non-hydrogen) atoms. The predicted molar refractivity (Wildman–Crippen MR) is 50.2 cm³/mol. The van der Waals surface area contributed by atoms with E-state index in [1.807, 2.05) is 11.6 Å². The van der Waals surface area contributed by atoms with Crippen molar-refractivity contribution in [3.05, 3.63) is 28.6 Å². The van der Waals surface area contributed by atoms with Crippen molar-refractivity contribution in [3.63, 3.8) is 0 Å². The molecule has 2 aromatic rings. The van der Waals surface area contributed by atoms with Crippen molar-refractivity contribution in [3.8, 4) is 9.88 Å². The van der Waals surface area contributed by atoms with Gasteiger partial charge in [0.05, 0.1) is 4.88 Å². The molecule has 0 atom stereocenters. The average molecular weight is 181 g/mol. The topological polar surface area (TPSA) is 12.9 Å². The van der Waals surface area contributed by atoms with Crippen molar-refractivity contribution >= 4 is 22.7 Å². The molecule has 2 heterocycles. The van der Waals surface area contributed by atoms with Crippen molar-refractivity contribution in [2.24, 2.45) is 0 Å². The Balaban J connectivity index is 2.45. The fourth-order valence-corrected chi connectivity index (χ4v) is 2.51. The lowest BCUT2D eigenvalue weighted by atomic mass is 10.3. The Labute approximate surface area is 73.4 Å². The van der Waals surface area contributed by atoms with Gasteiger partial charge in [0, 0.05) is 11.6 Å². The summed E-state index contributed by atoms with van der Waals surface area (Å²) in [6, 6.07) is 2.17. The third kappa shape index (κ3) is 1.34. The summed E-state index contributed by atoms with van der Waals surface area (Å²) in [6.07, 6.45) is 1.84. The smallest absolute Gasteiger partial charge is 0.133 e. The number of hydrogen-bond donors (Lipinski definition) is 0. The summed E-state index contributed by atoms with van der Waals surface area (Å²) in [4.78, 5) is 5.50. The van der Waals surface area contributed by atoms with Gasteiger partial charge in [-0.3, -0.25) is 0 Å². The highest BCUT2D eigenvalue weighted by atomic mass is 32.1. The molecular formula is C8H7NS2. The molecule has 0 bridgehead atoms. The minimum absolute atomic E-state index is 1.13. The highest BCUT2D eigenvalue weighted by molar-refractivity contribution is 7.20. The van der Waals surface area contributed by atoms with Crippen LogP contribution in [0.1, 0.15) is 5.56 Å². The SMILES string of the molecule is Cc1csc(-c2nccs2)c1. The van der Waals surface area contributed by atoms with E-state index in [2.05, 4.69) is 23.4 Å². The van der Waals surface area contributed by atoms with Crippen molar-refractivity contribution in [2.45, 2.75) is 6.92 Å². The zero-order chi connectivity index (χ0) is 7.68. The second-order valence-corrected chi connectivity index (χ2v) is 4.13. The highest BCUT2D eigenvalue weighted by Gasteiger charge is 2.01. The van der Waals surface area contributed by atoms with E-state index in [0.29, 0.717) is 0 Å². The molecule has 3 heteroatoms. The van der Waals surface area contributed by atoms with Crippen LogP contribution >= 0.6 is 22.7 Å². The molecule has 0 spiro atoms. The quantitative estimate of drug-likeness (QED) is 0.658. The lowest BCUT2D eigenvalue weighted by Gasteiger charge is -1.84. The van der Waals surface area contributed by atoms with Gasteiger partial charge in [-0.25, -0.2) is 4.98 Å². The first-order chi connectivity index (χ1) is 5.36. The van der Waals surface area contributed by atoms with Crippen LogP contribution in [-0.2, 0) is 0 Å². The van der Waals surface area contributed by atoms with E-state index in [1.165, 1.54) is 10.4 Å². The lowest BCUT2D eigenvalue weighted by molar-refractivity contribution is 1.43. The van der Waals surface area contributed by atoms with Gasteiger partial charge in [0.25, 0.3) is 0 Å². The van der Waals surface area contributed by atoms with Gasteiger partial charge in [0.2, 0.25) is 0 Å². The summed E-state index contributed by atoms with van der Waals surface area (Å²) in [6.45, 7) is 2.10. The van der Waals surface area contributed by atoms with E-state index in [-0.39, 0.29) is 0 Å². The van der Waals surface area contributed by atoms with Crippen LogP contribution in [0, 0.1) is 6.92 Å². The first-order valence-electron chi connectivity index (χ1n) is 3.31. The maximum absolute atomic E-state index is 4.23. The van der Waals surface area contributed by atoms with Crippen LogP contribution in [0.5, 0.6) is 0 Å². The van der Waals surface area contributed by atoms with Gasteiger partial charge >= 0.3 is 0 Å². The molecule has 0 aliphatic rings. The standard InChI is InChI=1S/C8H7NS2/c1-6-4-7(11-5-6)8-9-2-3-10-8/h2-5H,1H3. The minimum atomic E-state index is 1.13.